The summed E-state index contributed by atoms with van der Waals surface area (Å²) in [4.78, 5) is 8.12. The Morgan fingerprint density at radius 2 is 1.81 bits per heavy atom. The monoisotopic (exact) mass is 600 g/mol. The number of rotatable bonds is 1. The molecule has 0 radical (unpaired) electrons. The highest BCUT2D eigenvalue weighted by Gasteiger charge is 2.35. The van der Waals surface area contributed by atoms with Gasteiger partial charge in [-0.05, 0) is 102 Å². The number of aromatic amines is 1. The van der Waals surface area contributed by atoms with E-state index < -0.39 is 11.2 Å². The van der Waals surface area contributed by atoms with Crippen LogP contribution in [0.4, 0.5) is 8.78 Å². The van der Waals surface area contributed by atoms with Gasteiger partial charge < -0.3 is 10.1 Å². The van der Waals surface area contributed by atoms with Crippen LogP contribution in [0, 0.1) is 17.0 Å². The van der Waals surface area contributed by atoms with Crippen LogP contribution in [0.3, 0.4) is 0 Å². The summed E-state index contributed by atoms with van der Waals surface area (Å²) in [5.41, 5.74) is 4.01. The third-order valence-corrected chi connectivity index (χ3v) is 10.4. The lowest BCUT2D eigenvalue weighted by atomic mass is 9.75. The topological polar surface area (TPSA) is 66.7 Å². The Morgan fingerprint density at radius 1 is 0.977 bits per heavy atom. The van der Waals surface area contributed by atoms with Crippen molar-refractivity contribution >= 4 is 22.7 Å². The molecule has 3 aromatic carbocycles. The van der Waals surface area contributed by atoms with Crippen molar-refractivity contribution in [2.24, 2.45) is 12.5 Å². The van der Waals surface area contributed by atoms with Crippen molar-refractivity contribution in [2.75, 3.05) is 11.5 Å². The van der Waals surface area contributed by atoms with E-state index in [1.54, 1.807) is 42.1 Å². The first-order valence-electron chi connectivity index (χ1n) is 14.9. The Bertz CT molecular complexity index is 1790. The molecule has 3 heterocycles. The van der Waals surface area contributed by atoms with Gasteiger partial charge in [0.05, 0.1) is 11.0 Å². The summed E-state index contributed by atoms with van der Waals surface area (Å²) in [5.74, 6) is 2.41. The number of nitrogens with one attached hydrogen (secondary N) is 1. The number of aromatic hydroxyl groups is 1. The SMILES string of the molecule is Cn1nc2nc1-c1cc(ccc1F)Cc1c(F)cc3[nH]ccc3c1CCSCC(C)(C)CCCC2(C)c1cccc(O)c1. The molecule has 8 heteroatoms. The molecule has 5 nitrogen and oxygen atoms in total. The van der Waals surface area contributed by atoms with Crippen LogP contribution in [0.2, 0.25) is 0 Å². The third kappa shape index (κ3) is 5.81. The molecule has 0 fully saturated rings. The van der Waals surface area contributed by atoms with Crippen LogP contribution in [-0.4, -0.2) is 36.4 Å². The van der Waals surface area contributed by atoms with Crippen LogP contribution >= 0.6 is 11.8 Å². The normalized spacial score (nSPS) is 19.5. The maximum atomic E-state index is 15.6. The fourth-order valence-electron chi connectivity index (χ4n) is 6.42. The van der Waals surface area contributed by atoms with Crippen molar-refractivity contribution in [1.29, 1.82) is 0 Å². The van der Waals surface area contributed by atoms with Crippen molar-refractivity contribution < 1.29 is 13.9 Å². The van der Waals surface area contributed by atoms with Gasteiger partial charge >= 0.3 is 0 Å². The summed E-state index contributed by atoms with van der Waals surface area (Å²) in [5, 5.41) is 16.2. The quantitative estimate of drug-likeness (QED) is 0.203. The summed E-state index contributed by atoms with van der Waals surface area (Å²) < 4.78 is 32.7. The molecule has 6 rings (SSSR count). The van der Waals surface area contributed by atoms with E-state index in [4.69, 9.17) is 10.1 Å². The molecule has 224 valence electrons. The molecule has 4 bridgehead atoms. The smallest absolute Gasteiger partial charge is 0.161 e. The zero-order valence-electron chi connectivity index (χ0n) is 25.2. The molecule has 1 aliphatic heterocycles. The first kappa shape index (κ1) is 29.4. The number of fused-ring (bicyclic) bond motifs is 8. The van der Waals surface area contributed by atoms with E-state index in [-0.39, 0.29) is 17.0 Å². The van der Waals surface area contributed by atoms with Crippen molar-refractivity contribution in [3.8, 4) is 17.1 Å². The van der Waals surface area contributed by atoms with Gasteiger partial charge in [-0.1, -0.05) is 38.5 Å². The van der Waals surface area contributed by atoms with Crippen LogP contribution in [0.5, 0.6) is 5.75 Å². The second kappa shape index (κ2) is 11.5. The van der Waals surface area contributed by atoms with E-state index in [9.17, 15) is 5.11 Å². The molecular formula is C35H38F2N4OS. The lowest BCUT2D eigenvalue weighted by Crippen LogP contribution is -2.27. The largest absolute Gasteiger partial charge is 0.508 e. The molecule has 0 aliphatic carbocycles. The van der Waals surface area contributed by atoms with E-state index >= 15 is 8.78 Å². The van der Waals surface area contributed by atoms with Gasteiger partial charge in [-0.15, -0.1) is 0 Å². The Morgan fingerprint density at radius 3 is 2.63 bits per heavy atom. The highest BCUT2D eigenvalue weighted by molar-refractivity contribution is 7.99. The number of thioether (sulfide) groups is 1. The highest BCUT2D eigenvalue weighted by atomic mass is 32.2. The summed E-state index contributed by atoms with van der Waals surface area (Å²) >= 11 is 1.91. The first-order valence-corrected chi connectivity index (χ1v) is 16.0. The molecule has 43 heavy (non-hydrogen) atoms. The van der Waals surface area contributed by atoms with Crippen LogP contribution in [0.25, 0.3) is 22.3 Å². The van der Waals surface area contributed by atoms with Gasteiger partial charge in [-0.25, -0.2) is 18.4 Å². The summed E-state index contributed by atoms with van der Waals surface area (Å²) in [6.45, 7) is 6.71. The van der Waals surface area contributed by atoms with E-state index in [1.807, 2.05) is 36.2 Å². The predicted octanol–water partition coefficient (Wildman–Crippen LogP) is 8.33. The molecule has 0 amide bonds. The van der Waals surface area contributed by atoms with Crippen molar-refractivity contribution in [1.82, 2.24) is 19.7 Å². The van der Waals surface area contributed by atoms with Gasteiger partial charge in [0.1, 0.15) is 17.4 Å². The fraction of sp³-hybridized carbons (Fsp3) is 0.371. The van der Waals surface area contributed by atoms with Crippen molar-refractivity contribution in [3.05, 3.63) is 101 Å². The zero-order valence-corrected chi connectivity index (χ0v) is 26.0. The van der Waals surface area contributed by atoms with E-state index in [0.29, 0.717) is 29.2 Å². The van der Waals surface area contributed by atoms with Gasteiger partial charge in [0.2, 0.25) is 0 Å². The number of hydrogen-bond acceptors (Lipinski definition) is 4. The minimum absolute atomic E-state index is 0.0906. The molecule has 5 aromatic rings. The Kier molecular flexibility index (Phi) is 7.84. The summed E-state index contributed by atoms with van der Waals surface area (Å²) in [6, 6.07) is 15.8. The first-order chi connectivity index (χ1) is 20.5. The van der Waals surface area contributed by atoms with Crippen LogP contribution in [0.1, 0.15) is 68.1 Å². The lowest BCUT2D eigenvalue weighted by Gasteiger charge is -2.30. The Labute approximate surface area is 255 Å². The van der Waals surface area contributed by atoms with Crippen LogP contribution in [-0.2, 0) is 25.3 Å². The summed E-state index contributed by atoms with van der Waals surface area (Å²) in [7, 11) is 1.78. The average molecular weight is 601 g/mol. The number of phenolic OH excluding ortho intramolecular Hbond substituents is 1. The number of nitrogens with zero attached hydrogens (tertiary/aromatic N) is 3. The van der Waals surface area contributed by atoms with E-state index in [2.05, 4.69) is 25.8 Å². The van der Waals surface area contributed by atoms with Crippen molar-refractivity contribution in [2.45, 2.75) is 58.3 Å². The van der Waals surface area contributed by atoms with Gasteiger partial charge in [-0.3, -0.25) is 0 Å². The second-order valence-corrected chi connectivity index (χ2v) is 13.9. The number of hydrogen-bond donors (Lipinski definition) is 2. The Hall–Kier alpha value is -3.65. The minimum atomic E-state index is -0.596. The second-order valence-electron chi connectivity index (χ2n) is 12.8. The average Bonchev–Trinajstić information content (AvgIpc) is 3.59. The van der Waals surface area contributed by atoms with Gasteiger partial charge in [0.25, 0.3) is 0 Å². The number of aromatic nitrogens is 4. The number of H-pyrrole nitrogens is 1. The van der Waals surface area contributed by atoms with Crippen LogP contribution in [0.15, 0.2) is 60.8 Å². The van der Waals surface area contributed by atoms with E-state index in [1.165, 1.54) is 6.07 Å². The molecule has 2 aromatic heterocycles. The standard InChI is InChI=1S/C35H38F2N4OS/c1-34(2)13-6-14-35(3,23-7-5-8-24(42)19-23)33-39-32(41(4)40-33)28-18-22(9-10-29(28)36)17-27-25(12-16-43-21-34)26-11-15-38-31(26)20-30(27)37/h5,7-11,15,18-20,38,42H,6,12-14,16-17,21H2,1-4H3. The molecule has 1 atom stereocenters. The minimum Gasteiger partial charge on any atom is -0.508 e. The molecule has 0 saturated heterocycles. The molecule has 2 N–H and O–H groups in total. The molecule has 1 aliphatic rings. The maximum Gasteiger partial charge on any atom is 0.161 e. The predicted molar refractivity (Wildman–Crippen MR) is 171 cm³/mol. The summed E-state index contributed by atoms with van der Waals surface area (Å²) in [6.07, 6.45) is 5.65. The molecule has 0 saturated carbocycles. The third-order valence-electron chi connectivity index (χ3n) is 8.94. The molecule has 0 spiro atoms. The molecule has 1 unspecified atom stereocenters. The van der Waals surface area contributed by atoms with E-state index in [0.717, 1.165) is 64.8 Å². The number of halogens is 2. The number of aryl methyl sites for hydroxylation is 2. The van der Waals surface area contributed by atoms with Gasteiger partial charge in [-0.2, -0.15) is 16.9 Å². The van der Waals surface area contributed by atoms with Gasteiger partial charge in [0, 0.05) is 30.6 Å². The lowest BCUT2D eigenvalue weighted by molar-refractivity contribution is 0.342. The Balaban J connectivity index is 1.49. The number of phenols is 1. The number of benzene rings is 3. The van der Waals surface area contributed by atoms with Crippen molar-refractivity contribution in [3.63, 3.8) is 0 Å². The van der Waals surface area contributed by atoms with Gasteiger partial charge in [0.15, 0.2) is 11.6 Å². The maximum absolute atomic E-state index is 15.6. The molecular weight excluding hydrogens is 562 g/mol. The highest BCUT2D eigenvalue weighted by Crippen LogP contribution is 2.40. The fourth-order valence-corrected chi connectivity index (χ4v) is 7.61. The van der Waals surface area contributed by atoms with Crippen LogP contribution < -0.4 is 0 Å². The zero-order chi connectivity index (χ0) is 30.4.